The van der Waals surface area contributed by atoms with E-state index in [0.717, 1.165) is 34.4 Å². The topological polar surface area (TPSA) is 42.3 Å². The second kappa shape index (κ2) is 6.72. The van der Waals surface area contributed by atoms with E-state index in [2.05, 4.69) is 6.58 Å². The Kier molecular flexibility index (Phi) is 4.63. The van der Waals surface area contributed by atoms with Crippen molar-refractivity contribution >= 4 is 29.0 Å². The van der Waals surface area contributed by atoms with Gasteiger partial charge in [-0.2, -0.15) is 0 Å². The van der Waals surface area contributed by atoms with E-state index in [-0.39, 0.29) is 23.5 Å². The molecule has 1 aliphatic heterocycles. The van der Waals surface area contributed by atoms with E-state index in [9.17, 15) is 14.0 Å². The number of rotatable bonds is 4. The maximum Gasteiger partial charge on any atom is 0.293 e. The van der Waals surface area contributed by atoms with Gasteiger partial charge in [-0.1, -0.05) is 6.08 Å². The van der Waals surface area contributed by atoms with Crippen LogP contribution in [0.15, 0.2) is 47.9 Å². The fourth-order valence-electron chi connectivity index (χ4n) is 2.85. The van der Waals surface area contributed by atoms with Crippen LogP contribution < -0.4 is 0 Å². The third-order valence-electron chi connectivity index (χ3n) is 4.03. The SMILES string of the molecule is C=CCN1C(=O)SC(=Cc2cc(C)n(-c3ccc(F)cc3)c2C)C1=O. The van der Waals surface area contributed by atoms with Crippen LogP contribution in [0.3, 0.4) is 0 Å². The minimum absolute atomic E-state index is 0.205. The smallest absolute Gasteiger partial charge is 0.293 e. The molecule has 4 nitrogen and oxygen atoms in total. The van der Waals surface area contributed by atoms with Gasteiger partial charge in [0.1, 0.15) is 5.82 Å². The number of carbonyl (C=O) groups is 2. The number of halogens is 1. The molecule has 0 spiro atoms. The van der Waals surface area contributed by atoms with Gasteiger partial charge in [0, 0.05) is 23.6 Å². The van der Waals surface area contributed by atoms with Gasteiger partial charge in [0.15, 0.2) is 0 Å². The van der Waals surface area contributed by atoms with Crippen molar-refractivity contribution in [3.05, 3.63) is 70.7 Å². The maximum absolute atomic E-state index is 13.2. The van der Waals surface area contributed by atoms with Crippen molar-refractivity contribution in [2.45, 2.75) is 13.8 Å². The average molecular weight is 356 g/mol. The highest BCUT2D eigenvalue weighted by Crippen LogP contribution is 2.33. The van der Waals surface area contributed by atoms with Gasteiger partial charge < -0.3 is 4.57 Å². The summed E-state index contributed by atoms with van der Waals surface area (Å²) in [6.07, 6.45) is 3.26. The molecule has 0 N–H and O–H groups in total. The molecule has 25 heavy (non-hydrogen) atoms. The van der Waals surface area contributed by atoms with Crippen molar-refractivity contribution in [3.63, 3.8) is 0 Å². The minimum atomic E-state index is -0.304. The Morgan fingerprint density at radius 1 is 1.20 bits per heavy atom. The number of aromatic nitrogens is 1. The normalized spacial score (nSPS) is 16.1. The van der Waals surface area contributed by atoms with Crippen molar-refractivity contribution < 1.29 is 14.0 Å². The second-order valence-corrected chi connectivity index (χ2v) is 6.71. The van der Waals surface area contributed by atoms with Gasteiger partial charge in [0.25, 0.3) is 11.1 Å². The Balaban J connectivity index is 1.99. The van der Waals surface area contributed by atoms with Crippen LogP contribution in [0.25, 0.3) is 11.8 Å². The first kappa shape index (κ1) is 17.2. The van der Waals surface area contributed by atoms with E-state index in [1.54, 1.807) is 18.2 Å². The summed E-state index contributed by atoms with van der Waals surface area (Å²) < 4.78 is 15.1. The molecule has 0 aliphatic carbocycles. The lowest BCUT2D eigenvalue weighted by Gasteiger charge is -2.09. The summed E-state index contributed by atoms with van der Waals surface area (Å²) in [5, 5.41) is -0.288. The molecule has 1 saturated heterocycles. The summed E-state index contributed by atoms with van der Waals surface area (Å²) in [5.74, 6) is -0.594. The fraction of sp³-hybridized carbons (Fsp3) is 0.158. The molecule has 1 fully saturated rings. The number of aryl methyl sites for hydroxylation is 1. The van der Waals surface area contributed by atoms with Gasteiger partial charge in [-0.3, -0.25) is 14.5 Å². The number of nitrogens with zero attached hydrogens (tertiary/aromatic N) is 2. The largest absolute Gasteiger partial charge is 0.318 e. The van der Waals surface area contributed by atoms with E-state index in [1.165, 1.54) is 23.1 Å². The highest BCUT2D eigenvalue weighted by Gasteiger charge is 2.34. The molecule has 6 heteroatoms. The van der Waals surface area contributed by atoms with Crippen LogP contribution in [0.2, 0.25) is 0 Å². The molecule has 0 atom stereocenters. The summed E-state index contributed by atoms with van der Waals surface area (Å²) in [7, 11) is 0. The molecule has 1 aromatic carbocycles. The van der Waals surface area contributed by atoms with Crippen molar-refractivity contribution in [2.75, 3.05) is 6.54 Å². The second-order valence-electron chi connectivity index (χ2n) is 5.72. The zero-order valence-corrected chi connectivity index (χ0v) is 14.8. The summed E-state index contributed by atoms with van der Waals surface area (Å²) in [5.41, 5.74) is 3.57. The molecule has 1 aliphatic rings. The molecule has 2 heterocycles. The average Bonchev–Trinajstić information content (AvgIpc) is 3.00. The lowest BCUT2D eigenvalue weighted by Crippen LogP contribution is -2.27. The summed E-state index contributed by atoms with van der Waals surface area (Å²) in [6.45, 7) is 7.64. The Morgan fingerprint density at radius 3 is 2.52 bits per heavy atom. The highest BCUT2D eigenvalue weighted by atomic mass is 32.2. The van der Waals surface area contributed by atoms with Gasteiger partial charge >= 0.3 is 0 Å². The maximum atomic E-state index is 13.2. The highest BCUT2D eigenvalue weighted by molar-refractivity contribution is 8.18. The van der Waals surface area contributed by atoms with Gasteiger partial charge in [-0.25, -0.2) is 4.39 Å². The Hall–Kier alpha value is -2.60. The molecule has 0 bridgehead atoms. The zero-order chi connectivity index (χ0) is 18.1. The van der Waals surface area contributed by atoms with Crippen LogP contribution in [-0.2, 0) is 4.79 Å². The molecular weight excluding hydrogens is 339 g/mol. The zero-order valence-electron chi connectivity index (χ0n) is 14.0. The summed E-state index contributed by atoms with van der Waals surface area (Å²) in [6, 6.07) is 8.18. The lowest BCUT2D eigenvalue weighted by molar-refractivity contribution is -0.122. The van der Waals surface area contributed by atoms with E-state index in [4.69, 9.17) is 0 Å². The first-order valence-electron chi connectivity index (χ1n) is 7.73. The van der Waals surface area contributed by atoms with E-state index in [1.807, 2.05) is 24.5 Å². The number of amides is 2. The monoisotopic (exact) mass is 356 g/mol. The first-order valence-corrected chi connectivity index (χ1v) is 8.55. The third-order valence-corrected chi connectivity index (χ3v) is 4.93. The number of hydrogen-bond acceptors (Lipinski definition) is 3. The molecule has 128 valence electrons. The molecule has 1 aromatic heterocycles. The van der Waals surface area contributed by atoms with E-state index >= 15 is 0 Å². The van der Waals surface area contributed by atoms with Crippen LogP contribution in [0.4, 0.5) is 9.18 Å². The third kappa shape index (κ3) is 3.17. The molecular formula is C19H17FN2O2S. The van der Waals surface area contributed by atoms with Crippen LogP contribution in [0.1, 0.15) is 17.0 Å². The van der Waals surface area contributed by atoms with Crippen LogP contribution in [0, 0.1) is 19.7 Å². The number of carbonyl (C=O) groups excluding carboxylic acids is 2. The number of benzene rings is 1. The number of thioether (sulfide) groups is 1. The van der Waals surface area contributed by atoms with Crippen LogP contribution in [0.5, 0.6) is 0 Å². The van der Waals surface area contributed by atoms with Gasteiger partial charge in [0.2, 0.25) is 0 Å². The Bertz CT molecular complexity index is 897. The molecule has 2 amide bonds. The van der Waals surface area contributed by atoms with Crippen molar-refractivity contribution in [3.8, 4) is 5.69 Å². The predicted molar refractivity (Wildman–Crippen MR) is 98.1 cm³/mol. The van der Waals surface area contributed by atoms with Gasteiger partial charge in [-0.05, 0) is 67.6 Å². The molecule has 0 unspecified atom stereocenters. The molecule has 0 saturated carbocycles. The molecule has 3 rings (SSSR count). The first-order chi connectivity index (χ1) is 11.9. The van der Waals surface area contributed by atoms with Gasteiger partial charge in [0.05, 0.1) is 4.91 Å². The lowest BCUT2D eigenvalue weighted by atomic mass is 10.2. The van der Waals surface area contributed by atoms with Crippen LogP contribution in [-0.4, -0.2) is 27.2 Å². The van der Waals surface area contributed by atoms with E-state index < -0.39 is 0 Å². The summed E-state index contributed by atoms with van der Waals surface area (Å²) >= 11 is 0.930. The number of hydrogen-bond donors (Lipinski definition) is 0. The quantitative estimate of drug-likeness (QED) is 0.600. The Morgan fingerprint density at radius 2 is 1.88 bits per heavy atom. The molecule has 2 aromatic rings. The van der Waals surface area contributed by atoms with Crippen molar-refractivity contribution in [1.82, 2.24) is 9.47 Å². The minimum Gasteiger partial charge on any atom is -0.318 e. The van der Waals surface area contributed by atoms with Gasteiger partial charge in [-0.15, -0.1) is 6.58 Å². The standard InChI is InChI=1S/C19H17FN2O2S/c1-4-9-21-18(23)17(25-19(21)24)11-14-10-12(2)22(13(14)3)16-7-5-15(20)6-8-16/h4-8,10-11H,1,9H2,2-3H3. The van der Waals surface area contributed by atoms with Crippen LogP contribution >= 0.6 is 11.8 Å². The number of imide groups is 1. The summed E-state index contributed by atoms with van der Waals surface area (Å²) in [4.78, 5) is 25.8. The molecule has 0 radical (unpaired) electrons. The Labute approximate surface area is 149 Å². The predicted octanol–water partition coefficient (Wildman–Crippen LogP) is 4.46. The van der Waals surface area contributed by atoms with Crippen molar-refractivity contribution in [1.29, 1.82) is 0 Å². The fourth-order valence-corrected chi connectivity index (χ4v) is 3.69. The van der Waals surface area contributed by atoms with Crippen molar-refractivity contribution in [2.24, 2.45) is 0 Å². The van der Waals surface area contributed by atoms with E-state index in [0.29, 0.717) is 4.91 Å².